The summed E-state index contributed by atoms with van der Waals surface area (Å²) in [6.07, 6.45) is 2.72. The van der Waals surface area contributed by atoms with Crippen molar-refractivity contribution in [2.24, 2.45) is 0 Å². The summed E-state index contributed by atoms with van der Waals surface area (Å²) in [6.45, 7) is 3.71. The average molecular weight is 425 g/mol. The number of hydrogen-bond acceptors (Lipinski definition) is 5. The van der Waals surface area contributed by atoms with E-state index in [9.17, 15) is 9.18 Å². The standard InChI is InChI=1S/C23H25FN4OS/c24-19-7-9-20(10-8-19)28-13-4-12-27(14-15-28)17-21(29)26-22(23-25-11-16-30-23)18-5-2-1-3-6-18/h1-3,5-11,16,22H,4,12-15,17H2,(H,26,29). The first-order valence-electron chi connectivity index (χ1n) is 10.2. The number of carbonyl (C=O) groups excluding carboxylic acids is 1. The van der Waals surface area contributed by atoms with Crippen LogP contribution in [0.1, 0.15) is 23.0 Å². The quantitative estimate of drug-likeness (QED) is 0.656. The largest absolute Gasteiger partial charge is 0.370 e. The molecule has 1 N–H and O–H groups in total. The van der Waals surface area contributed by atoms with Crippen molar-refractivity contribution in [3.05, 3.63) is 82.6 Å². The Morgan fingerprint density at radius 3 is 2.60 bits per heavy atom. The van der Waals surface area contributed by atoms with Crippen molar-refractivity contribution in [2.45, 2.75) is 12.5 Å². The van der Waals surface area contributed by atoms with Gasteiger partial charge in [0.25, 0.3) is 0 Å². The van der Waals surface area contributed by atoms with Gasteiger partial charge in [-0.05, 0) is 36.2 Å². The van der Waals surface area contributed by atoms with Gasteiger partial charge >= 0.3 is 0 Å². The first kappa shape index (κ1) is 20.5. The number of carbonyl (C=O) groups is 1. The molecule has 1 saturated heterocycles. The molecular formula is C23H25FN4OS. The lowest BCUT2D eigenvalue weighted by molar-refractivity contribution is -0.122. The smallest absolute Gasteiger partial charge is 0.235 e. The van der Waals surface area contributed by atoms with Gasteiger partial charge < -0.3 is 10.2 Å². The summed E-state index contributed by atoms with van der Waals surface area (Å²) in [5.41, 5.74) is 2.05. The zero-order chi connectivity index (χ0) is 20.8. The van der Waals surface area contributed by atoms with Crippen LogP contribution in [-0.4, -0.2) is 48.5 Å². The minimum atomic E-state index is -0.235. The third-order valence-corrected chi connectivity index (χ3v) is 6.12. The van der Waals surface area contributed by atoms with E-state index in [4.69, 9.17) is 0 Å². The van der Waals surface area contributed by atoms with E-state index in [0.717, 1.165) is 48.9 Å². The number of hydrogen-bond donors (Lipinski definition) is 1. The van der Waals surface area contributed by atoms with Crippen LogP contribution in [0.5, 0.6) is 0 Å². The number of halogens is 1. The lowest BCUT2D eigenvalue weighted by Gasteiger charge is -2.24. The fourth-order valence-electron chi connectivity index (χ4n) is 3.76. The van der Waals surface area contributed by atoms with Crippen molar-refractivity contribution in [3.63, 3.8) is 0 Å². The Bertz CT molecular complexity index is 934. The molecule has 0 bridgehead atoms. The minimum absolute atomic E-state index is 0.00529. The van der Waals surface area contributed by atoms with Gasteiger partial charge in [0, 0.05) is 43.4 Å². The molecule has 0 spiro atoms. The molecule has 1 aromatic heterocycles. The van der Waals surface area contributed by atoms with E-state index in [1.807, 2.05) is 47.8 Å². The Hall–Kier alpha value is -2.77. The zero-order valence-corrected chi connectivity index (χ0v) is 17.5. The fraction of sp³-hybridized carbons (Fsp3) is 0.304. The minimum Gasteiger partial charge on any atom is -0.370 e. The van der Waals surface area contributed by atoms with Gasteiger partial charge in [-0.2, -0.15) is 0 Å². The van der Waals surface area contributed by atoms with Crippen molar-refractivity contribution in [2.75, 3.05) is 37.6 Å². The Morgan fingerprint density at radius 2 is 1.87 bits per heavy atom. The van der Waals surface area contributed by atoms with Crippen LogP contribution in [0.15, 0.2) is 66.2 Å². The Kier molecular flexibility index (Phi) is 6.71. The maximum Gasteiger partial charge on any atom is 0.235 e. The molecule has 4 rings (SSSR count). The van der Waals surface area contributed by atoms with Crippen LogP contribution in [0.25, 0.3) is 0 Å². The van der Waals surface area contributed by atoms with Crippen LogP contribution < -0.4 is 10.2 Å². The van der Waals surface area contributed by atoms with Crippen LogP contribution in [0.3, 0.4) is 0 Å². The van der Waals surface area contributed by atoms with Crippen molar-refractivity contribution in [1.82, 2.24) is 15.2 Å². The summed E-state index contributed by atoms with van der Waals surface area (Å²) in [5, 5.41) is 5.97. The molecule has 3 aromatic rings. The van der Waals surface area contributed by atoms with Gasteiger partial charge in [-0.15, -0.1) is 11.3 Å². The van der Waals surface area contributed by atoms with Crippen LogP contribution in [0.2, 0.25) is 0 Å². The van der Waals surface area contributed by atoms with Crippen LogP contribution in [-0.2, 0) is 4.79 Å². The average Bonchev–Trinajstić information content (AvgIpc) is 3.20. The zero-order valence-electron chi connectivity index (χ0n) is 16.7. The molecule has 7 heteroatoms. The molecule has 0 saturated carbocycles. The highest BCUT2D eigenvalue weighted by atomic mass is 32.1. The third-order valence-electron chi connectivity index (χ3n) is 5.28. The molecule has 2 heterocycles. The number of rotatable bonds is 6. The first-order chi connectivity index (χ1) is 14.7. The summed E-state index contributed by atoms with van der Waals surface area (Å²) in [6, 6.07) is 16.3. The first-order valence-corrected chi connectivity index (χ1v) is 11.0. The predicted octanol–water partition coefficient (Wildman–Crippen LogP) is 3.70. The molecule has 1 atom stereocenters. The van der Waals surface area contributed by atoms with E-state index >= 15 is 0 Å². The number of nitrogens with one attached hydrogen (secondary N) is 1. The molecule has 0 radical (unpaired) electrons. The Morgan fingerprint density at radius 1 is 1.07 bits per heavy atom. The topological polar surface area (TPSA) is 48.5 Å². The maximum absolute atomic E-state index is 13.2. The third kappa shape index (κ3) is 5.23. The van der Waals surface area contributed by atoms with Crippen molar-refractivity contribution < 1.29 is 9.18 Å². The normalized spacial score (nSPS) is 16.1. The molecule has 1 amide bonds. The van der Waals surface area contributed by atoms with E-state index in [2.05, 4.69) is 20.1 Å². The van der Waals surface area contributed by atoms with E-state index < -0.39 is 0 Å². The highest BCUT2D eigenvalue weighted by Gasteiger charge is 2.22. The number of nitrogens with zero attached hydrogens (tertiary/aromatic N) is 3. The molecule has 5 nitrogen and oxygen atoms in total. The highest BCUT2D eigenvalue weighted by molar-refractivity contribution is 7.09. The van der Waals surface area contributed by atoms with Crippen molar-refractivity contribution >= 4 is 22.9 Å². The van der Waals surface area contributed by atoms with Gasteiger partial charge in [-0.1, -0.05) is 30.3 Å². The van der Waals surface area contributed by atoms with Gasteiger partial charge in [0.15, 0.2) is 0 Å². The highest BCUT2D eigenvalue weighted by Crippen LogP contribution is 2.24. The molecule has 0 aliphatic carbocycles. The summed E-state index contributed by atoms with van der Waals surface area (Å²) in [4.78, 5) is 21.7. The van der Waals surface area contributed by atoms with Gasteiger partial charge in [0.1, 0.15) is 16.9 Å². The fourth-order valence-corrected chi connectivity index (χ4v) is 4.47. The van der Waals surface area contributed by atoms with Gasteiger partial charge in [-0.25, -0.2) is 9.37 Å². The van der Waals surface area contributed by atoms with Crippen LogP contribution in [0.4, 0.5) is 10.1 Å². The van der Waals surface area contributed by atoms with Gasteiger partial charge in [-0.3, -0.25) is 9.69 Å². The van der Waals surface area contributed by atoms with Crippen molar-refractivity contribution in [3.8, 4) is 0 Å². The second-order valence-corrected chi connectivity index (χ2v) is 8.30. The SMILES string of the molecule is O=C(CN1CCCN(c2ccc(F)cc2)CC1)NC(c1ccccc1)c1nccs1. The Balaban J connectivity index is 1.36. The van der Waals surface area contributed by atoms with E-state index in [1.165, 1.54) is 12.1 Å². The lowest BCUT2D eigenvalue weighted by atomic mass is 10.1. The summed E-state index contributed by atoms with van der Waals surface area (Å²) < 4.78 is 13.2. The number of anilines is 1. The predicted molar refractivity (Wildman–Crippen MR) is 118 cm³/mol. The number of benzene rings is 2. The summed E-state index contributed by atoms with van der Waals surface area (Å²) in [7, 11) is 0. The molecule has 2 aromatic carbocycles. The number of aromatic nitrogens is 1. The number of amides is 1. The number of thiazole rings is 1. The molecule has 1 unspecified atom stereocenters. The van der Waals surface area contributed by atoms with Crippen molar-refractivity contribution in [1.29, 1.82) is 0 Å². The second-order valence-electron chi connectivity index (χ2n) is 7.37. The van der Waals surface area contributed by atoms with E-state index in [0.29, 0.717) is 6.54 Å². The van der Waals surface area contributed by atoms with E-state index in [1.54, 1.807) is 17.5 Å². The summed E-state index contributed by atoms with van der Waals surface area (Å²) in [5.74, 6) is -0.227. The van der Waals surface area contributed by atoms with Gasteiger partial charge in [0.05, 0.1) is 6.54 Å². The molecule has 1 aliphatic heterocycles. The molecular weight excluding hydrogens is 399 g/mol. The molecule has 1 aliphatic rings. The second kappa shape index (κ2) is 9.82. The molecule has 30 heavy (non-hydrogen) atoms. The maximum atomic E-state index is 13.2. The van der Waals surface area contributed by atoms with Crippen LogP contribution >= 0.6 is 11.3 Å². The monoisotopic (exact) mass is 424 g/mol. The summed E-state index contributed by atoms with van der Waals surface area (Å²) >= 11 is 1.54. The Labute approximate surface area is 180 Å². The van der Waals surface area contributed by atoms with E-state index in [-0.39, 0.29) is 17.8 Å². The molecule has 156 valence electrons. The van der Waals surface area contributed by atoms with Gasteiger partial charge in [0.2, 0.25) is 5.91 Å². The van der Waals surface area contributed by atoms with Crippen LogP contribution in [0, 0.1) is 5.82 Å². The molecule has 1 fully saturated rings. The lowest BCUT2D eigenvalue weighted by Crippen LogP contribution is -2.40.